The van der Waals surface area contributed by atoms with Gasteiger partial charge in [-0.2, -0.15) is 13.2 Å². The molecular formula is C12H23F3N2. The molecule has 1 N–H and O–H groups in total. The van der Waals surface area contributed by atoms with Crippen LogP contribution in [0.25, 0.3) is 0 Å². The standard InChI is InChI=1S/C12H23F3N2/c1-4-5-10-8-17(7-6-12(13,14)15)11(2,3)9-16-10/h10,16H,4-9H2,1-3H3. The highest BCUT2D eigenvalue weighted by atomic mass is 19.4. The van der Waals surface area contributed by atoms with E-state index in [1.165, 1.54) is 0 Å². The zero-order valence-electron chi connectivity index (χ0n) is 10.9. The van der Waals surface area contributed by atoms with Crippen molar-refractivity contribution in [1.82, 2.24) is 10.2 Å². The molecule has 1 unspecified atom stereocenters. The van der Waals surface area contributed by atoms with Gasteiger partial charge in [-0.1, -0.05) is 13.3 Å². The molecule has 102 valence electrons. The molecule has 0 aliphatic carbocycles. The Balaban J connectivity index is 2.52. The SMILES string of the molecule is CCCC1CN(CCC(F)(F)F)C(C)(C)CN1. The van der Waals surface area contributed by atoms with E-state index >= 15 is 0 Å². The van der Waals surface area contributed by atoms with Gasteiger partial charge in [0.2, 0.25) is 0 Å². The van der Waals surface area contributed by atoms with Crippen molar-refractivity contribution in [2.45, 2.75) is 57.8 Å². The molecule has 1 heterocycles. The first kappa shape index (κ1) is 14.8. The first-order valence-electron chi connectivity index (χ1n) is 6.30. The van der Waals surface area contributed by atoms with Crippen molar-refractivity contribution in [3.63, 3.8) is 0 Å². The molecule has 0 aromatic rings. The lowest BCUT2D eigenvalue weighted by Gasteiger charge is -2.46. The molecule has 1 aliphatic heterocycles. The topological polar surface area (TPSA) is 15.3 Å². The molecule has 1 saturated heterocycles. The summed E-state index contributed by atoms with van der Waals surface area (Å²) >= 11 is 0. The highest BCUT2D eigenvalue weighted by molar-refractivity contribution is 4.92. The summed E-state index contributed by atoms with van der Waals surface area (Å²) in [6.07, 6.45) is -2.68. The summed E-state index contributed by atoms with van der Waals surface area (Å²) in [4.78, 5) is 1.97. The van der Waals surface area contributed by atoms with Gasteiger partial charge >= 0.3 is 6.18 Å². The molecule has 1 aliphatic rings. The zero-order valence-corrected chi connectivity index (χ0v) is 10.9. The number of rotatable bonds is 4. The Morgan fingerprint density at radius 1 is 1.35 bits per heavy atom. The van der Waals surface area contributed by atoms with Crippen molar-refractivity contribution in [2.24, 2.45) is 0 Å². The third-order valence-electron chi connectivity index (χ3n) is 3.42. The Morgan fingerprint density at radius 3 is 2.53 bits per heavy atom. The lowest BCUT2D eigenvalue weighted by molar-refractivity contribution is -0.142. The second-order valence-electron chi connectivity index (χ2n) is 5.49. The van der Waals surface area contributed by atoms with Gasteiger partial charge in [0.25, 0.3) is 0 Å². The zero-order chi connectivity index (χ0) is 13.1. The Morgan fingerprint density at radius 2 is 2.00 bits per heavy atom. The number of nitrogens with one attached hydrogen (secondary N) is 1. The van der Waals surface area contributed by atoms with Gasteiger partial charge < -0.3 is 5.32 Å². The van der Waals surface area contributed by atoms with Crippen molar-refractivity contribution >= 4 is 0 Å². The van der Waals surface area contributed by atoms with E-state index in [0.717, 1.165) is 25.9 Å². The summed E-state index contributed by atoms with van der Waals surface area (Å²) in [6, 6.07) is 0.334. The highest BCUT2D eigenvalue weighted by Gasteiger charge is 2.36. The number of hydrogen-bond acceptors (Lipinski definition) is 2. The van der Waals surface area contributed by atoms with Gasteiger partial charge in [-0.15, -0.1) is 0 Å². The van der Waals surface area contributed by atoms with Gasteiger partial charge in [-0.25, -0.2) is 0 Å². The number of alkyl halides is 3. The van der Waals surface area contributed by atoms with E-state index in [1.807, 2.05) is 18.7 Å². The monoisotopic (exact) mass is 252 g/mol. The Bertz CT molecular complexity index is 238. The van der Waals surface area contributed by atoms with Crippen LogP contribution in [-0.2, 0) is 0 Å². The summed E-state index contributed by atoms with van der Waals surface area (Å²) < 4.78 is 36.8. The average molecular weight is 252 g/mol. The normalized spacial score (nSPS) is 26.1. The largest absolute Gasteiger partial charge is 0.390 e. The van der Waals surface area contributed by atoms with Crippen LogP contribution in [0.4, 0.5) is 13.2 Å². The second kappa shape index (κ2) is 5.57. The molecule has 0 spiro atoms. The van der Waals surface area contributed by atoms with Crippen LogP contribution >= 0.6 is 0 Å². The molecule has 0 amide bonds. The van der Waals surface area contributed by atoms with Crippen LogP contribution in [0.15, 0.2) is 0 Å². The van der Waals surface area contributed by atoms with E-state index in [1.54, 1.807) is 0 Å². The minimum atomic E-state index is -4.05. The second-order valence-corrected chi connectivity index (χ2v) is 5.49. The van der Waals surface area contributed by atoms with Crippen LogP contribution < -0.4 is 5.32 Å². The Labute approximate surface area is 102 Å². The maximum Gasteiger partial charge on any atom is 0.390 e. The van der Waals surface area contributed by atoms with E-state index < -0.39 is 12.6 Å². The Kier molecular flexibility index (Phi) is 4.84. The number of nitrogens with zero attached hydrogens (tertiary/aromatic N) is 1. The number of piperazine rings is 1. The predicted molar refractivity (Wildman–Crippen MR) is 63.0 cm³/mol. The van der Waals surface area contributed by atoms with Gasteiger partial charge in [-0.3, -0.25) is 4.90 Å². The first-order chi connectivity index (χ1) is 7.74. The maximum absolute atomic E-state index is 12.3. The van der Waals surface area contributed by atoms with Gasteiger partial charge in [0.1, 0.15) is 0 Å². The minimum Gasteiger partial charge on any atom is -0.311 e. The van der Waals surface area contributed by atoms with Crippen LogP contribution in [0.3, 0.4) is 0 Å². The molecule has 1 rings (SSSR count). The molecule has 2 nitrogen and oxygen atoms in total. The van der Waals surface area contributed by atoms with Gasteiger partial charge in [0, 0.05) is 31.2 Å². The van der Waals surface area contributed by atoms with E-state index in [2.05, 4.69) is 12.2 Å². The lowest BCUT2D eigenvalue weighted by Crippen LogP contribution is -2.62. The highest BCUT2D eigenvalue weighted by Crippen LogP contribution is 2.25. The molecule has 0 bridgehead atoms. The fourth-order valence-electron chi connectivity index (χ4n) is 2.28. The van der Waals surface area contributed by atoms with E-state index in [-0.39, 0.29) is 12.1 Å². The van der Waals surface area contributed by atoms with E-state index in [0.29, 0.717) is 6.04 Å². The smallest absolute Gasteiger partial charge is 0.311 e. The van der Waals surface area contributed by atoms with Crippen molar-refractivity contribution < 1.29 is 13.2 Å². The summed E-state index contributed by atoms with van der Waals surface area (Å²) in [5.74, 6) is 0. The molecule has 0 saturated carbocycles. The quantitative estimate of drug-likeness (QED) is 0.827. The molecular weight excluding hydrogens is 229 g/mol. The molecule has 1 atom stereocenters. The van der Waals surface area contributed by atoms with Crippen LogP contribution in [0, 0.1) is 0 Å². The first-order valence-corrected chi connectivity index (χ1v) is 6.30. The summed E-state index contributed by atoms with van der Waals surface area (Å²) in [6.45, 7) is 7.68. The molecule has 0 aromatic heterocycles. The fraction of sp³-hybridized carbons (Fsp3) is 1.00. The molecule has 0 radical (unpaired) electrons. The lowest BCUT2D eigenvalue weighted by atomic mass is 9.95. The summed E-state index contributed by atoms with van der Waals surface area (Å²) in [5, 5.41) is 3.41. The van der Waals surface area contributed by atoms with Crippen LogP contribution in [0.2, 0.25) is 0 Å². The predicted octanol–water partition coefficient (Wildman–Crippen LogP) is 2.79. The van der Waals surface area contributed by atoms with Crippen molar-refractivity contribution in [3.8, 4) is 0 Å². The average Bonchev–Trinajstić information content (AvgIpc) is 2.18. The van der Waals surface area contributed by atoms with E-state index in [4.69, 9.17) is 0 Å². The van der Waals surface area contributed by atoms with Crippen molar-refractivity contribution in [1.29, 1.82) is 0 Å². The third kappa shape index (κ3) is 4.84. The molecule has 5 heteroatoms. The summed E-state index contributed by atoms with van der Waals surface area (Å²) in [7, 11) is 0. The fourth-order valence-corrected chi connectivity index (χ4v) is 2.28. The third-order valence-corrected chi connectivity index (χ3v) is 3.42. The van der Waals surface area contributed by atoms with Crippen LogP contribution in [-0.4, -0.2) is 42.3 Å². The number of halogens is 3. The minimum absolute atomic E-state index is 0.110. The number of hydrogen-bond donors (Lipinski definition) is 1. The van der Waals surface area contributed by atoms with E-state index in [9.17, 15) is 13.2 Å². The van der Waals surface area contributed by atoms with Gasteiger partial charge in [0.05, 0.1) is 6.42 Å². The Hall–Kier alpha value is -0.290. The molecule has 1 fully saturated rings. The van der Waals surface area contributed by atoms with Gasteiger partial charge in [0.15, 0.2) is 0 Å². The summed E-state index contributed by atoms with van der Waals surface area (Å²) in [5.41, 5.74) is -0.185. The van der Waals surface area contributed by atoms with Crippen molar-refractivity contribution in [2.75, 3.05) is 19.6 Å². The molecule has 0 aromatic carbocycles. The van der Waals surface area contributed by atoms with Crippen LogP contribution in [0.5, 0.6) is 0 Å². The molecule has 17 heavy (non-hydrogen) atoms. The van der Waals surface area contributed by atoms with Crippen LogP contribution in [0.1, 0.15) is 40.0 Å². The maximum atomic E-state index is 12.3. The van der Waals surface area contributed by atoms with Crippen molar-refractivity contribution in [3.05, 3.63) is 0 Å². The van der Waals surface area contributed by atoms with Gasteiger partial charge in [-0.05, 0) is 20.3 Å².